The molecule has 0 radical (unpaired) electrons. The summed E-state index contributed by atoms with van der Waals surface area (Å²) in [5.41, 5.74) is 2.14. The summed E-state index contributed by atoms with van der Waals surface area (Å²) in [5, 5.41) is 0. The van der Waals surface area contributed by atoms with E-state index in [1.54, 1.807) is 6.20 Å². The van der Waals surface area contributed by atoms with Gasteiger partial charge in [-0.3, -0.25) is 9.78 Å². The number of hydrogen-bond acceptors (Lipinski definition) is 3. The third kappa shape index (κ3) is 6.54. The van der Waals surface area contributed by atoms with Gasteiger partial charge in [0, 0.05) is 37.8 Å². The summed E-state index contributed by atoms with van der Waals surface area (Å²) in [5.74, 6) is 0.989. The van der Waals surface area contributed by atoms with E-state index in [1.807, 2.05) is 71.6 Å². The van der Waals surface area contributed by atoms with Gasteiger partial charge in [0.1, 0.15) is 5.75 Å². The van der Waals surface area contributed by atoms with Gasteiger partial charge in [0.25, 0.3) is 0 Å². The molecular weight excluding hydrogens is 348 g/mol. The summed E-state index contributed by atoms with van der Waals surface area (Å²) in [7, 11) is 0. The number of aromatic nitrogens is 1. The monoisotopic (exact) mass is 374 g/mol. The van der Waals surface area contributed by atoms with Crippen LogP contribution < -0.4 is 4.74 Å². The second-order valence-electron chi connectivity index (χ2n) is 6.64. The molecule has 0 unspecified atom stereocenters. The molecular formula is C24H26N2O2. The highest BCUT2D eigenvalue weighted by atomic mass is 16.5. The van der Waals surface area contributed by atoms with Crippen LogP contribution in [-0.2, 0) is 17.8 Å². The molecule has 0 spiro atoms. The van der Waals surface area contributed by atoms with Crippen molar-refractivity contribution in [1.82, 2.24) is 9.88 Å². The van der Waals surface area contributed by atoms with Gasteiger partial charge < -0.3 is 9.64 Å². The Morgan fingerprint density at radius 2 is 1.61 bits per heavy atom. The third-order valence-corrected chi connectivity index (χ3v) is 4.48. The normalized spacial score (nSPS) is 10.4. The number of amides is 1. The van der Waals surface area contributed by atoms with E-state index in [0.29, 0.717) is 32.5 Å². The van der Waals surface area contributed by atoms with Crippen molar-refractivity contribution in [2.75, 3.05) is 13.2 Å². The van der Waals surface area contributed by atoms with Crippen LogP contribution in [0, 0.1) is 0 Å². The van der Waals surface area contributed by atoms with Gasteiger partial charge in [-0.25, -0.2) is 0 Å². The second-order valence-corrected chi connectivity index (χ2v) is 6.64. The van der Waals surface area contributed by atoms with Crippen molar-refractivity contribution in [3.05, 3.63) is 96.3 Å². The molecule has 3 rings (SSSR count). The zero-order chi connectivity index (χ0) is 19.4. The summed E-state index contributed by atoms with van der Waals surface area (Å²) in [4.78, 5) is 19.1. The number of para-hydroxylation sites is 1. The Morgan fingerprint density at radius 1 is 0.893 bits per heavy atom. The minimum absolute atomic E-state index is 0.149. The van der Waals surface area contributed by atoms with Crippen LogP contribution in [0.3, 0.4) is 0 Å². The number of nitrogens with zero attached hydrogens (tertiary/aromatic N) is 2. The molecule has 2 aromatic carbocycles. The lowest BCUT2D eigenvalue weighted by molar-refractivity contribution is -0.132. The standard InChI is InChI=1S/C24H26N2O2/c27-24(15-9-19-28-23-13-5-2-6-14-23)26(20-21-10-3-1-4-11-21)18-16-22-12-7-8-17-25-22/h1-8,10-14,17H,9,15-16,18-20H2. The van der Waals surface area contributed by atoms with E-state index in [2.05, 4.69) is 17.1 Å². The number of ether oxygens (including phenoxy) is 1. The van der Waals surface area contributed by atoms with Crippen molar-refractivity contribution in [2.45, 2.75) is 25.8 Å². The summed E-state index contributed by atoms with van der Waals surface area (Å²) in [6, 6.07) is 25.7. The van der Waals surface area contributed by atoms with Gasteiger partial charge in [-0.2, -0.15) is 0 Å². The van der Waals surface area contributed by atoms with Crippen LogP contribution in [0.2, 0.25) is 0 Å². The predicted octanol–water partition coefficient (Wildman–Crippen LogP) is 4.51. The maximum Gasteiger partial charge on any atom is 0.223 e. The Kier molecular flexibility index (Phi) is 7.62. The van der Waals surface area contributed by atoms with Gasteiger partial charge in [-0.05, 0) is 36.2 Å². The van der Waals surface area contributed by atoms with E-state index < -0.39 is 0 Å². The first kappa shape index (κ1) is 19.6. The van der Waals surface area contributed by atoms with Crippen LogP contribution in [0.4, 0.5) is 0 Å². The average molecular weight is 374 g/mol. The number of benzene rings is 2. The minimum Gasteiger partial charge on any atom is -0.494 e. The third-order valence-electron chi connectivity index (χ3n) is 4.48. The summed E-state index contributed by atoms with van der Waals surface area (Å²) < 4.78 is 5.70. The molecule has 0 atom stereocenters. The maximum atomic E-state index is 12.8. The Bertz CT molecular complexity index is 823. The fourth-order valence-electron chi connectivity index (χ4n) is 2.98. The van der Waals surface area contributed by atoms with Crippen molar-refractivity contribution >= 4 is 5.91 Å². The number of carbonyl (C=O) groups is 1. The molecule has 1 amide bonds. The van der Waals surface area contributed by atoms with E-state index in [4.69, 9.17) is 4.74 Å². The number of carbonyl (C=O) groups excluding carboxylic acids is 1. The van der Waals surface area contributed by atoms with Crippen LogP contribution in [0.1, 0.15) is 24.1 Å². The Morgan fingerprint density at radius 3 is 2.32 bits per heavy atom. The fraction of sp³-hybridized carbons (Fsp3) is 0.250. The zero-order valence-corrected chi connectivity index (χ0v) is 16.0. The molecule has 0 saturated carbocycles. The van der Waals surface area contributed by atoms with E-state index >= 15 is 0 Å². The van der Waals surface area contributed by atoms with Crippen LogP contribution in [0.5, 0.6) is 5.75 Å². The molecule has 0 aliphatic carbocycles. The van der Waals surface area contributed by atoms with Crippen molar-refractivity contribution in [3.8, 4) is 5.75 Å². The maximum absolute atomic E-state index is 12.8. The van der Waals surface area contributed by atoms with Crippen molar-refractivity contribution in [1.29, 1.82) is 0 Å². The summed E-state index contributed by atoms with van der Waals surface area (Å²) in [6.07, 6.45) is 3.71. The van der Waals surface area contributed by atoms with Crippen molar-refractivity contribution < 1.29 is 9.53 Å². The lowest BCUT2D eigenvalue weighted by Gasteiger charge is -2.23. The number of pyridine rings is 1. The first-order valence-corrected chi connectivity index (χ1v) is 9.71. The highest BCUT2D eigenvalue weighted by molar-refractivity contribution is 5.76. The Labute approximate surface area is 166 Å². The van der Waals surface area contributed by atoms with E-state index in [1.165, 1.54) is 0 Å². The van der Waals surface area contributed by atoms with E-state index in [0.717, 1.165) is 23.4 Å². The van der Waals surface area contributed by atoms with E-state index in [9.17, 15) is 4.79 Å². The van der Waals surface area contributed by atoms with Crippen LogP contribution in [-0.4, -0.2) is 28.9 Å². The Hall–Kier alpha value is -3.14. The minimum atomic E-state index is 0.149. The topological polar surface area (TPSA) is 42.4 Å². The lowest BCUT2D eigenvalue weighted by Crippen LogP contribution is -2.32. The molecule has 0 saturated heterocycles. The van der Waals surface area contributed by atoms with Gasteiger partial charge in [-0.15, -0.1) is 0 Å². The molecule has 144 valence electrons. The van der Waals surface area contributed by atoms with Gasteiger partial charge in [-0.1, -0.05) is 54.6 Å². The predicted molar refractivity (Wildman–Crippen MR) is 111 cm³/mol. The first-order valence-electron chi connectivity index (χ1n) is 9.71. The molecule has 0 N–H and O–H groups in total. The van der Waals surface area contributed by atoms with Gasteiger partial charge in [0.2, 0.25) is 5.91 Å². The molecule has 0 aliphatic heterocycles. The largest absolute Gasteiger partial charge is 0.494 e. The molecule has 28 heavy (non-hydrogen) atoms. The van der Waals surface area contributed by atoms with E-state index in [-0.39, 0.29) is 5.91 Å². The number of rotatable bonds is 10. The highest BCUT2D eigenvalue weighted by Crippen LogP contribution is 2.11. The molecule has 1 heterocycles. The van der Waals surface area contributed by atoms with Crippen molar-refractivity contribution in [2.24, 2.45) is 0 Å². The van der Waals surface area contributed by atoms with Crippen molar-refractivity contribution in [3.63, 3.8) is 0 Å². The Balaban J connectivity index is 1.52. The molecule has 0 aliphatic rings. The zero-order valence-electron chi connectivity index (χ0n) is 16.0. The van der Waals surface area contributed by atoms with Gasteiger partial charge >= 0.3 is 0 Å². The van der Waals surface area contributed by atoms with Crippen LogP contribution in [0.15, 0.2) is 85.1 Å². The summed E-state index contributed by atoms with van der Waals surface area (Å²) in [6.45, 7) is 1.81. The second kappa shape index (κ2) is 10.9. The molecule has 0 fully saturated rings. The van der Waals surface area contributed by atoms with Crippen LogP contribution in [0.25, 0.3) is 0 Å². The smallest absolute Gasteiger partial charge is 0.223 e. The number of hydrogen-bond donors (Lipinski definition) is 0. The first-order chi connectivity index (χ1) is 13.8. The van der Waals surface area contributed by atoms with Gasteiger partial charge in [0.15, 0.2) is 0 Å². The fourth-order valence-corrected chi connectivity index (χ4v) is 2.98. The highest BCUT2D eigenvalue weighted by Gasteiger charge is 2.14. The average Bonchev–Trinajstić information content (AvgIpc) is 2.76. The molecule has 4 nitrogen and oxygen atoms in total. The molecule has 0 bridgehead atoms. The van der Waals surface area contributed by atoms with Gasteiger partial charge in [0.05, 0.1) is 6.61 Å². The SMILES string of the molecule is O=C(CCCOc1ccccc1)N(CCc1ccccn1)Cc1ccccc1. The quantitative estimate of drug-likeness (QED) is 0.490. The lowest BCUT2D eigenvalue weighted by atomic mass is 10.1. The van der Waals surface area contributed by atoms with Crippen LogP contribution >= 0.6 is 0 Å². The molecule has 3 aromatic rings. The molecule has 4 heteroatoms. The molecule has 1 aromatic heterocycles. The summed E-state index contributed by atoms with van der Waals surface area (Å²) >= 11 is 0.